The van der Waals surface area contributed by atoms with Crippen molar-refractivity contribution in [3.05, 3.63) is 29.6 Å². The number of aliphatic hydroxyl groups is 1. The molecule has 3 nitrogen and oxygen atoms in total. The Morgan fingerprint density at radius 1 is 1.54 bits per heavy atom. The van der Waals surface area contributed by atoms with Gasteiger partial charge in [-0.3, -0.25) is 5.73 Å². The first kappa shape index (κ1) is 8.47. The third-order valence-electron chi connectivity index (χ3n) is 2.06. The Morgan fingerprint density at radius 3 is 3.08 bits per heavy atom. The summed E-state index contributed by atoms with van der Waals surface area (Å²) >= 11 is 0. The van der Waals surface area contributed by atoms with Gasteiger partial charge >= 0.3 is 0 Å². The highest BCUT2D eigenvalue weighted by Gasteiger charge is 2.29. The van der Waals surface area contributed by atoms with E-state index < -0.39 is 5.91 Å². The van der Waals surface area contributed by atoms with E-state index in [1.165, 1.54) is 18.2 Å². The molecular weight excluding hydrogens is 173 g/mol. The summed E-state index contributed by atoms with van der Waals surface area (Å²) in [5.74, 6) is -1.45. The number of ether oxygens (including phenoxy) is 1. The molecule has 1 heterocycles. The van der Waals surface area contributed by atoms with E-state index in [9.17, 15) is 9.50 Å². The van der Waals surface area contributed by atoms with Crippen molar-refractivity contribution < 1.29 is 14.2 Å². The van der Waals surface area contributed by atoms with Crippen LogP contribution in [0.5, 0.6) is 5.75 Å². The van der Waals surface area contributed by atoms with Gasteiger partial charge in [0, 0.05) is 6.42 Å². The number of rotatable bonds is 0. The van der Waals surface area contributed by atoms with Crippen molar-refractivity contribution in [3.8, 4) is 5.75 Å². The van der Waals surface area contributed by atoms with Gasteiger partial charge in [0.15, 0.2) is 0 Å². The molecule has 1 aliphatic rings. The summed E-state index contributed by atoms with van der Waals surface area (Å²) in [6.07, 6.45) is 0.809. The average Bonchev–Trinajstić information content (AvgIpc) is 2.05. The summed E-state index contributed by atoms with van der Waals surface area (Å²) in [6, 6.07) is 4.15. The van der Waals surface area contributed by atoms with Crippen LogP contribution in [0.25, 0.3) is 0 Å². The van der Waals surface area contributed by atoms with Gasteiger partial charge in [-0.25, -0.2) is 4.39 Å². The quantitative estimate of drug-likeness (QED) is 0.584. The van der Waals surface area contributed by atoms with Gasteiger partial charge in [0.05, 0.1) is 0 Å². The van der Waals surface area contributed by atoms with E-state index in [-0.39, 0.29) is 12.2 Å². The number of halogens is 1. The van der Waals surface area contributed by atoms with Crippen LogP contribution in [0.1, 0.15) is 12.0 Å². The van der Waals surface area contributed by atoms with Crippen LogP contribution in [0.2, 0.25) is 0 Å². The van der Waals surface area contributed by atoms with Gasteiger partial charge in [-0.1, -0.05) is 0 Å². The second-order valence-electron chi connectivity index (χ2n) is 3.20. The number of hydrogen-bond acceptors (Lipinski definition) is 3. The fourth-order valence-corrected chi connectivity index (χ4v) is 1.40. The summed E-state index contributed by atoms with van der Waals surface area (Å²) in [6.45, 7) is 0. The highest BCUT2D eigenvalue weighted by molar-refractivity contribution is 5.36. The van der Waals surface area contributed by atoms with Crippen LogP contribution in [0, 0.1) is 5.82 Å². The molecule has 0 spiro atoms. The van der Waals surface area contributed by atoms with E-state index in [4.69, 9.17) is 10.5 Å². The summed E-state index contributed by atoms with van der Waals surface area (Å²) in [5.41, 5.74) is 6.12. The first-order valence-electron chi connectivity index (χ1n) is 4.05. The van der Waals surface area contributed by atoms with Crippen LogP contribution in [0.3, 0.4) is 0 Å². The van der Waals surface area contributed by atoms with Crippen molar-refractivity contribution in [2.45, 2.75) is 18.8 Å². The zero-order valence-electron chi connectivity index (χ0n) is 6.96. The number of hydrogen-bond donors (Lipinski definition) is 2. The predicted octanol–water partition coefficient (Wildman–Crippen LogP) is 0.756. The lowest BCUT2D eigenvalue weighted by molar-refractivity contribution is -0.144. The highest BCUT2D eigenvalue weighted by Crippen LogP contribution is 2.29. The zero-order valence-corrected chi connectivity index (χ0v) is 6.96. The normalized spacial score (nSPS) is 26.4. The van der Waals surface area contributed by atoms with Crippen LogP contribution in [-0.4, -0.2) is 11.0 Å². The molecule has 0 fully saturated rings. The van der Waals surface area contributed by atoms with E-state index >= 15 is 0 Å². The van der Waals surface area contributed by atoms with Crippen LogP contribution in [0.15, 0.2) is 18.2 Å². The molecule has 1 aromatic rings. The minimum atomic E-state index is -1.61. The van der Waals surface area contributed by atoms with Gasteiger partial charge in [0.2, 0.25) is 0 Å². The third-order valence-corrected chi connectivity index (χ3v) is 2.06. The van der Waals surface area contributed by atoms with Crippen LogP contribution in [-0.2, 0) is 6.42 Å². The van der Waals surface area contributed by atoms with Gasteiger partial charge in [-0.05, 0) is 30.2 Å². The number of fused-ring (bicyclic) bond motifs is 1. The fraction of sp³-hybridized carbons (Fsp3) is 0.333. The zero-order chi connectivity index (χ0) is 9.47. The first-order chi connectivity index (χ1) is 6.07. The topological polar surface area (TPSA) is 55.5 Å². The van der Waals surface area contributed by atoms with Crippen LogP contribution < -0.4 is 10.5 Å². The molecule has 0 aliphatic carbocycles. The number of benzene rings is 1. The molecule has 13 heavy (non-hydrogen) atoms. The largest absolute Gasteiger partial charge is 0.449 e. The molecule has 1 unspecified atom stereocenters. The van der Waals surface area contributed by atoms with Gasteiger partial charge in [0.1, 0.15) is 11.6 Å². The molecule has 0 amide bonds. The maximum absolute atomic E-state index is 12.7. The van der Waals surface area contributed by atoms with E-state index in [0.29, 0.717) is 12.2 Å². The molecule has 1 aromatic carbocycles. The predicted molar refractivity (Wildman–Crippen MR) is 44.5 cm³/mol. The van der Waals surface area contributed by atoms with Gasteiger partial charge in [-0.2, -0.15) is 0 Å². The molecule has 0 saturated heterocycles. The maximum atomic E-state index is 12.7. The lowest BCUT2D eigenvalue weighted by Gasteiger charge is -2.30. The molecule has 3 N–H and O–H groups in total. The standard InChI is InChI=1S/C9H10FNO2/c10-7-1-2-8-6(5-7)3-4-9(11,12)13-8/h1-2,5,12H,3-4,11H2. The Bertz CT molecular complexity index is 338. The third kappa shape index (κ3) is 1.64. The molecule has 0 bridgehead atoms. The van der Waals surface area contributed by atoms with Crippen molar-refractivity contribution >= 4 is 0 Å². The van der Waals surface area contributed by atoms with Crippen molar-refractivity contribution in [3.63, 3.8) is 0 Å². The van der Waals surface area contributed by atoms with Crippen LogP contribution in [0.4, 0.5) is 4.39 Å². The Morgan fingerprint density at radius 2 is 2.31 bits per heavy atom. The average molecular weight is 183 g/mol. The summed E-state index contributed by atoms with van der Waals surface area (Å²) in [5, 5.41) is 9.35. The lowest BCUT2D eigenvalue weighted by atomic mass is 10.0. The number of nitrogens with two attached hydrogens (primary N) is 1. The molecule has 0 radical (unpaired) electrons. The Balaban J connectivity index is 2.37. The molecule has 0 saturated carbocycles. The van der Waals surface area contributed by atoms with Gasteiger partial charge in [0.25, 0.3) is 5.91 Å². The second kappa shape index (κ2) is 2.68. The Kier molecular flexibility index (Phi) is 1.75. The van der Waals surface area contributed by atoms with Crippen molar-refractivity contribution in [2.24, 2.45) is 5.73 Å². The SMILES string of the molecule is NC1(O)CCc2cc(F)ccc2O1. The highest BCUT2D eigenvalue weighted by atomic mass is 19.1. The lowest BCUT2D eigenvalue weighted by Crippen LogP contribution is -2.48. The molecule has 1 atom stereocenters. The molecule has 2 rings (SSSR count). The fourth-order valence-electron chi connectivity index (χ4n) is 1.40. The van der Waals surface area contributed by atoms with E-state index in [0.717, 1.165) is 5.56 Å². The van der Waals surface area contributed by atoms with E-state index in [1.54, 1.807) is 0 Å². The summed E-state index contributed by atoms with van der Waals surface area (Å²) in [4.78, 5) is 0. The molecule has 4 heteroatoms. The van der Waals surface area contributed by atoms with Gasteiger partial charge < -0.3 is 9.84 Å². The van der Waals surface area contributed by atoms with E-state index in [1.807, 2.05) is 0 Å². The first-order valence-corrected chi connectivity index (χ1v) is 4.05. The molecule has 1 aliphatic heterocycles. The van der Waals surface area contributed by atoms with Gasteiger partial charge in [-0.15, -0.1) is 0 Å². The van der Waals surface area contributed by atoms with Crippen molar-refractivity contribution in [2.75, 3.05) is 0 Å². The molecular formula is C9H10FNO2. The molecule has 70 valence electrons. The second-order valence-corrected chi connectivity index (χ2v) is 3.20. The minimum absolute atomic E-state index is 0.281. The smallest absolute Gasteiger partial charge is 0.265 e. The Hall–Kier alpha value is -1.13. The monoisotopic (exact) mass is 183 g/mol. The number of aryl methyl sites for hydroxylation is 1. The summed E-state index contributed by atoms with van der Waals surface area (Å²) in [7, 11) is 0. The maximum Gasteiger partial charge on any atom is 0.265 e. The molecule has 0 aromatic heterocycles. The van der Waals surface area contributed by atoms with Crippen molar-refractivity contribution in [1.29, 1.82) is 0 Å². The van der Waals surface area contributed by atoms with Crippen LogP contribution >= 0.6 is 0 Å². The van der Waals surface area contributed by atoms with Crippen molar-refractivity contribution in [1.82, 2.24) is 0 Å². The summed E-state index contributed by atoms with van der Waals surface area (Å²) < 4.78 is 17.8. The van der Waals surface area contributed by atoms with E-state index in [2.05, 4.69) is 0 Å². The minimum Gasteiger partial charge on any atom is -0.449 e. The Labute approximate surface area is 74.9 Å².